The van der Waals surface area contributed by atoms with Gasteiger partial charge in [-0.05, 0) is 31.5 Å². The van der Waals surface area contributed by atoms with E-state index in [0.717, 1.165) is 44.2 Å². The fourth-order valence-corrected chi connectivity index (χ4v) is 4.11. The number of hydrogen-bond donors (Lipinski definition) is 1. The highest BCUT2D eigenvalue weighted by atomic mass is 16.5. The molecular weight excluding hydrogens is 414 g/mol. The normalized spacial score (nSPS) is 15.4. The Hall–Kier alpha value is -3.45. The minimum absolute atomic E-state index is 0.0316. The Morgan fingerprint density at radius 1 is 1.06 bits per heavy atom. The minimum Gasteiger partial charge on any atom is -0.484 e. The van der Waals surface area contributed by atoms with Crippen LogP contribution in [0.2, 0.25) is 0 Å². The lowest BCUT2D eigenvalue weighted by molar-refractivity contribution is -0.123. The molecule has 0 saturated heterocycles. The first-order valence-corrected chi connectivity index (χ1v) is 11.4. The number of rotatable bonds is 8. The molecule has 0 aliphatic carbocycles. The van der Waals surface area contributed by atoms with Gasteiger partial charge in [0.1, 0.15) is 11.6 Å². The van der Waals surface area contributed by atoms with Crippen molar-refractivity contribution >= 4 is 12.0 Å². The molecule has 0 radical (unpaired) electrons. The molecule has 1 N–H and O–H groups in total. The highest BCUT2D eigenvalue weighted by Crippen LogP contribution is 2.17. The summed E-state index contributed by atoms with van der Waals surface area (Å²) in [6.45, 7) is 7.66. The second kappa shape index (κ2) is 10.9. The highest BCUT2D eigenvalue weighted by molar-refractivity contribution is 5.77. The van der Waals surface area contributed by atoms with E-state index in [-0.39, 0.29) is 18.6 Å². The molecule has 2 aromatic carbocycles. The molecular formula is C26H31N5O2. The lowest BCUT2D eigenvalue weighted by Gasteiger charge is -2.20. The van der Waals surface area contributed by atoms with E-state index >= 15 is 0 Å². The molecule has 1 aromatic heterocycles. The molecule has 33 heavy (non-hydrogen) atoms. The first-order chi connectivity index (χ1) is 16.1. The van der Waals surface area contributed by atoms with E-state index in [2.05, 4.69) is 62.2 Å². The summed E-state index contributed by atoms with van der Waals surface area (Å²) in [4.78, 5) is 14.8. The predicted octanol–water partition coefficient (Wildman–Crippen LogP) is 3.50. The van der Waals surface area contributed by atoms with Crippen LogP contribution in [0.5, 0.6) is 5.75 Å². The summed E-state index contributed by atoms with van der Waals surface area (Å²) < 4.78 is 7.70. The van der Waals surface area contributed by atoms with Crippen molar-refractivity contribution in [3.8, 4) is 5.75 Å². The standard InChI is InChI=1S/C26H31N5O2/c1-20(17-22-9-5-3-6-10-22)18-30-14-13-24-28-29-26(31(24)16-15-30)21(2)27-25(32)19-33-23-11-7-4-8-12-23/h3-12,17,21H,13-16,18-19H2,1-2H3,(H,27,32)/b20-17+. The van der Waals surface area contributed by atoms with Crippen molar-refractivity contribution in [1.29, 1.82) is 0 Å². The van der Waals surface area contributed by atoms with E-state index in [1.165, 1.54) is 11.1 Å². The topological polar surface area (TPSA) is 72.3 Å². The van der Waals surface area contributed by atoms with Gasteiger partial charge in [-0.2, -0.15) is 0 Å². The second-order valence-corrected chi connectivity index (χ2v) is 8.44. The fraction of sp³-hybridized carbons (Fsp3) is 0.346. The molecule has 7 heteroatoms. The summed E-state index contributed by atoms with van der Waals surface area (Å²) in [6.07, 6.45) is 3.08. The molecule has 1 unspecified atom stereocenters. The molecule has 1 amide bonds. The van der Waals surface area contributed by atoms with Gasteiger partial charge in [0, 0.05) is 32.6 Å². The number of amides is 1. The number of aromatic nitrogens is 3. The molecule has 3 aromatic rings. The number of nitrogens with one attached hydrogen (secondary N) is 1. The molecule has 1 aliphatic heterocycles. The van der Waals surface area contributed by atoms with Crippen molar-refractivity contribution in [1.82, 2.24) is 25.0 Å². The van der Waals surface area contributed by atoms with Crippen LogP contribution in [0.4, 0.5) is 0 Å². The Morgan fingerprint density at radius 2 is 1.79 bits per heavy atom. The lowest BCUT2D eigenvalue weighted by Crippen LogP contribution is -2.33. The number of ether oxygens (including phenoxy) is 1. The van der Waals surface area contributed by atoms with Gasteiger partial charge in [-0.25, -0.2) is 0 Å². The maximum atomic E-state index is 12.4. The van der Waals surface area contributed by atoms with E-state index in [0.29, 0.717) is 5.75 Å². The van der Waals surface area contributed by atoms with Crippen molar-refractivity contribution in [3.05, 3.63) is 83.4 Å². The van der Waals surface area contributed by atoms with Crippen molar-refractivity contribution in [2.45, 2.75) is 32.9 Å². The Labute approximate surface area is 195 Å². The average molecular weight is 446 g/mol. The Balaban J connectivity index is 1.32. The van der Waals surface area contributed by atoms with Crippen molar-refractivity contribution in [3.63, 3.8) is 0 Å². The van der Waals surface area contributed by atoms with Crippen LogP contribution in [0.1, 0.15) is 37.1 Å². The molecule has 0 spiro atoms. The Bertz CT molecular complexity index is 1080. The van der Waals surface area contributed by atoms with E-state index < -0.39 is 0 Å². The number of para-hydroxylation sites is 1. The number of carbonyl (C=O) groups excluding carboxylic acids is 1. The molecule has 7 nitrogen and oxygen atoms in total. The number of fused-ring (bicyclic) bond motifs is 1. The van der Waals surface area contributed by atoms with Gasteiger partial charge in [0.25, 0.3) is 5.91 Å². The molecule has 1 aliphatic rings. The van der Waals surface area contributed by atoms with Gasteiger partial charge in [-0.15, -0.1) is 10.2 Å². The zero-order chi connectivity index (χ0) is 23.0. The quantitative estimate of drug-likeness (QED) is 0.575. The third-order valence-corrected chi connectivity index (χ3v) is 5.71. The molecule has 0 bridgehead atoms. The zero-order valence-corrected chi connectivity index (χ0v) is 19.3. The largest absolute Gasteiger partial charge is 0.484 e. The van der Waals surface area contributed by atoms with Crippen LogP contribution in [0.3, 0.4) is 0 Å². The van der Waals surface area contributed by atoms with Gasteiger partial charge in [0.15, 0.2) is 12.4 Å². The van der Waals surface area contributed by atoms with Crippen LogP contribution in [0.25, 0.3) is 6.08 Å². The van der Waals surface area contributed by atoms with E-state index in [1.54, 1.807) is 0 Å². The van der Waals surface area contributed by atoms with Crippen LogP contribution in [0, 0.1) is 0 Å². The van der Waals surface area contributed by atoms with Crippen LogP contribution in [-0.2, 0) is 17.8 Å². The smallest absolute Gasteiger partial charge is 0.258 e. The van der Waals surface area contributed by atoms with E-state index in [4.69, 9.17) is 4.74 Å². The monoisotopic (exact) mass is 445 g/mol. The summed E-state index contributed by atoms with van der Waals surface area (Å²) in [5.41, 5.74) is 2.56. The summed E-state index contributed by atoms with van der Waals surface area (Å²) in [6, 6.07) is 19.5. The molecule has 2 heterocycles. The van der Waals surface area contributed by atoms with Crippen LogP contribution in [0.15, 0.2) is 66.2 Å². The van der Waals surface area contributed by atoms with Gasteiger partial charge in [-0.1, -0.05) is 60.2 Å². The molecule has 1 atom stereocenters. The van der Waals surface area contributed by atoms with Crippen LogP contribution >= 0.6 is 0 Å². The SMILES string of the molecule is C/C(=C\c1ccccc1)CN1CCc2nnc(C(C)NC(=O)COc3ccccc3)n2CC1. The number of nitrogens with zero attached hydrogens (tertiary/aromatic N) is 4. The van der Waals surface area contributed by atoms with Crippen molar-refractivity contribution in [2.24, 2.45) is 0 Å². The van der Waals surface area contributed by atoms with Gasteiger partial charge in [-0.3, -0.25) is 9.69 Å². The summed E-state index contributed by atoms with van der Waals surface area (Å²) in [5, 5.41) is 11.8. The summed E-state index contributed by atoms with van der Waals surface area (Å²) in [5.74, 6) is 2.25. The highest BCUT2D eigenvalue weighted by Gasteiger charge is 2.23. The summed E-state index contributed by atoms with van der Waals surface area (Å²) >= 11 is 0. The van der Waals surface area contributed by atoms with Gasteiger partial charge in [0.2, 0.25) is 0 Å². The Morgan fingerprint density at radius 3 is 2.55 bits per heavy atom. The van der Waals surface area contributed by atoms with Gasteiger partial charge in [0.05, 0.1) is 6.04 Å². The van der Waals surface area contributed by atoms with Gasteiger partial charge < -0.3 is 14.6 Å². The fourth-order valence-electron chi connectivity index (χ4n) is 4.11. The zero-order valence-electron chi connectivity index (χ0n) is 19.3. The third kappa shape index (κ3) is 6.29. The second-order valence-electron chi connectivity index (χ2n) is 8.44. The molecule has 0 saturated carbocycles. The van der Waals surface area contributed by atoms with Crippen LogP contribution < -0.4 is 10.1 Å². The maximum Gasteiger partial charge on any atom is 0.258 e. The molecule has 0 fully saturated rings. The third-order valence-electron chi connectivity index (χ3n) is 5.71. The van der Waals surface area contributed by atoms with E-state index in [9.17, 15) is 4.79 Å². The molecule has 172 valence electrons. The van der Waals surface area contributed by atoms with Crippen molar-refractivity contribution < 1.29 is 9.53 Å². The number of benzene rings is 2. The molecule has 4 rings (SSSR count). The lowest BCUT2D eigenvalue weighted by atomic mass is 10.1. The van der Waals surface area contributed by atoms with E-state index in [1.807, 2.05) is 43.3 Å². The first kappa shape index (κ1) is 22.7. The van der Waals surface area contributed by atoms with Crippen molar-refractivity contribution in [2.75, 3.05) is 26.2 Å². The average Bonchev–Trinajstić information content (AvgIpc) is 3.13. The minimum atomic E-state index is -0.246. The predicted molar refractivity (Wildman–Crippen MR) is 129 cm³/mol. The summed E-state index contributed by atoms with van der Waals surface area (Å²) in [7, 11) is 0. The Kier molecular flexibility index (Phi) is 7.52. The number of carbonyl (C=O) groups is 1. The number of hydrogen-bond acceptors (Lipinski definition) is 5. The van der Waals surface area contributed by atoms with Gasteiger partial charge >= 0.3 is 0 Å². The first-order valence-electron chi connectivity index (χ1n) is 11.4. The van der Waals surface area contributed by atoms with Crippen LogP contribution in [-0.4, -0.2) is 51.8 Å². The maximum absolute atomic E-state index is 12.4.